The molecule has 1 aromatic carbocycles. The van der Waals surface area contributed by atoms with Gasteiger partial charge in [-0.25, -0.2) is 0 Å². The van der Waals surface area contributed by atoms with Crippen LogP contribution >= 0.6 is 0 Å². The topological polar surface area (TPSA) is 47.6 Å². The number of benzene rings is 1. The zero-order chi connectivity index (χ0) is 19.9. The van der Waals surface area contributed by atoms with E-state index in [1.165, 1.54) is 12.8 Å². The Morgan fingerprint density at radius 2 is 1.70 bits per heavy atom. The van der Waals surface area contributed by atoms with Crippen molar-refractivity contribution in [2.45, 2.75) is 85.2 Å². The van der Waals surface area contributed by atoms with E-state index in [1.54, 1.807) is 0 Å². The van der Waals surface area contributed by atoms with E-state index >= 15 is 0 Å². The van der Waals surface area contributed by atoms with Crippen molar-refractivity contribution in [1.82, 2.24) is 0 Å². The van der Waals surface area contributed by atoms with E-state index in [1.807, 2.05) is 26.0 Å². The van der Waals surface area contributed by atoms with Gasteiger partial charge in [0.2, 0.25) is 0 Å². The van der Waals surface area contributed by atoms with Gasteiger partial charge in [0.1, 0.15) is 11.4 Å². The number of carbonyl (C=O) groups is 1. The molecular weight excluding hydrogens is 338 g/mol. The molecule has 0 spiro atoms. The van der Waals surface area contributed by atoms with Crippen LogP contribution in [-0.2, 0) is 9.53 Å². The maximum Gasteiger partial charge on any atom is 0.256 e. The molecule has 4 heteroatoms. The number of ether oxygens (including phenoxy) is 2. The fourth-order valence-electron chi connectivity index (χ4n) is 3.78. The van der Waals surface area contributed by atoms with Gasteiger partial charge in [0, 0.05) is 12.3 Å². The second-order valence-corrected chi connectivity index (χ2v) is 8.36. The molecule has 0 radical (unpaired) electrons. The maximum absolute atomic E-state index is 13.2. The van der Waals surface area contributed by atoms with Gasteiger partial charge in [0.15, 0.2) is 0 Å². The summed E-state index contributed by atoms with van der Waals surface area (Å²) < 4.78 is 12.1. The van der Waals surface area contributed by atoms with Crippen LogP contribution in [0.4, 0.5) is 5.69 Å². The van der Waals surface area contributed by atoms with Crippen LogP contribution in [0.5, 0.6) is 5.75 Å². The summed E-state index contributed by atoms with van der Waals surface area (Å²) in [5, 5.41) is 3.14. The summed E-state index contributed by atoms with van der Waals surface area (Å²) in [5.74, 6) is 1.41. The summed E-state index contributed by atoms with van der Waals surface area (Å²) >= 11 is 0. The van der Waals surface area contributed by atoms with Gasteiger partial charge in [-0.1, -0.05) is 46.5 Å². The third-order valence-electron chi connectivity index (χ3n) is 5.19. The van der Waals surface area contributed by atoms with Crippen molar-refractivity contribution in [2.24, 2.45) is 5.92 Å². The smallest absolute Gasteiger partial charge is 0.256 e. The Morgan fingerprint density at radius 1 is 1.11 bits per heavy atom. The van der Waals surface area contributed by atoms with Crippen molar-refractivity contribution >= 4 is 11.6 Å². The van der Waals surface area contributed by atoms with Crippen LogP contribution < -0.4 is 10.1 Å². The Hall–Kier alpha value is -1.55. The van der Waals surface area contributed by atoms with E-state index < -0.39 is 5.60 Å². The van der Waals surface area contributed by atoms with Crippen LogP contribution in [0.15, 0.2) is 12.1 Å². The zero-order valence-corrected chi connectivity index (χ0v) is 17.8. The van der Waals surface area contributed by atoms with E-state index in [0.717, 1.165) is 54.7 Å². The molecule has 0 bridgehead atoms. The summed E-state index contributed by atoms with van der Waals surface area (Å²) in [6, 6.07) is 4.01. The highest BCUT2D eigenvalue weighted by Crippen LogP contribution is 2.33. The van der Waals surface area contributed by atoms with Crippen molar-refractivity contribution in [3.63, 3.8) is 0 Å². The Balaban J connectivity index is 2.16. The van der Waals surface area contributed by atoms with Crippen LogP contribution in [-0.4, -0.2) is 24.7 Å². The lowest BCUT2D eigenvalue weighted by Crippen LogP contribution is -2.45. The van der Waals surface area contributed by atoms with Crippen molar-refractivity contribution in [2.75, 3.05) is 18.5 Å². The van der Waals surface area contributed by atoms with Crippen molar-refractivity contribution in [1.29, 1.82) is 0 Å². The standard InChI is InChI=1S/C23H37NO3/c1-6-13-27-23(11-9-7-8-10-12-23)22(25)24-20-14-18(4)21(19(5)15-20)26-16-17(2)3/h14-15,17H,6-13,16H2,1-5H3,(H,24,25). The highest BCUT2D eigenvalue weighted by molar-refractivity contribution is 5.97. The van der Waals surface area contributed by atoms with Crippen LogP contribution in [0.25, 0.3) is 0 Å². The van der Waals surface area contributed by atoms with E-state index in [4.69, 9.17) is 9.47 Å². The van der Waals surface area contributed by atoms with Crippen molar-refractivity contribution < 1.29 is 14.3 Å². The Bertz CT molecular complexity index is 593. The normalized spacial score (nSPS) is 16.8. The molecule has 27 heavy (non-hydrogen) atoms. The number of carbonyl (C=O) groups excluding carboxylic acids is 1. The van der Waals surface area contributed by atoms with Gasteiger partial charge in [-0.15, -0.1) is 0 Å². The average molecular weight is 376 g/mol. The molecular formula is C23H37NO3. The molecule has 4 nitrogen and oxygen atoms in total. The first-order valence-electron chi connectivity index (χ1n) is 10.6. The number of rotatable bonds is 8. The molecule has 0 atom stereocenters. The maximum atomic E-state index is 13.2. The van der Waals surface area contributed by atoms with Gasteiger partial charge >= 0.3 is 0 Å². The molecule has 1 amide bonds. The molecule has 1 N–H and O–H groups in total. The fourth-order valence-corrected chi connectivity index (χ4v) is 3.78. The minimum absolute atomic E-state index is 0.00694. The summed E-state index contributed by atoms with van der Waals surface area (Å²) in [7, 11) is 0. The van der Waals surface area contributed by atoms with Gasteiger partial charge in [0.05, 0.1) is 6.61 Å². The van der Waals surface area contributed by atoms with E-state index in [0.29, 0.717) is 19.1 Å². The summed E-state index contributed by atoms with van der Waals surface area (Å²) in [6.45, 7) is 11.8. The molecule has 0 aliphatic heterocycles. The first kappa shape index (κ1) is 21.7. The van der Waals surface area contributed by atoms with Gasteiger partial charge in [-0.05, 0) is 62.3 Å². The predicted octanol–water partition coefficient (Wildman–Crippen LogP) is 5.80. The first-order valence-corrected chi connectivity index (χ1v) is 10.6. The molecule has 1 fully saturated rings. The quantitative estimate of drug-likeness (QED) is 0.584. The molecule has 152 valence electrons. The third-order valence-corrected chi connectivity index (χ3v) is 5.19. The molecule has 0 unspecified atom stereocenters. The fraction of sp³-hybridized carbons (Fsp3) is 0.696. The van der Waals surface area contributed by atoms with Gasteiger partial charge in [-0.2, -0.15) is 0 Å². The molecule has 1 saturated carbocycles. The Labute approximate surface area is 165 Å². The van der Waals surface area contributed by atoms with Crippen LogP contribution in [0.3, 0.4) is 0 Å². The summed E-state index contributed by atoms with van der Waals surface area (Å²) in [6.07, 6.45) is 7.03. The molecule has 1 aliphatic rings. The SMILES string of the molecule is CCCOC1(C(=O)Nc2cc(C)c(OCC(C)C)c(C)c2)CCCCCC1. The Kier molecular flexibility index (Phi) is 8.15. The number of amides is 1. The lowest BCUT2D eigenvalue weighted by molar-refractivity contribution is -0.143. The molecule has 2 rings (SSSR count). The molecule has 1 aromatic rings. The van der Waals surface area contributed by atoms with E-state index in [2.05, 4.69) is 26.1 Å². The van der Waals surface area contributed by atoms with Gasteiger partial charge < -0.3 is 14.8 Å². The lowest BCUT2D eigenvalue weighted by Gasteiger charge is -2.31. The number of hydrogen-bond donors (Lipinski definition) is 1. The number of anilines is 1. The highest BCUT2D eigenvalue weighted by atomic mass is 16.5. The first-order chi connectivity index (χ1) is 12.9. The minimum Gasteiger partial charge on any atom is -0.493 e. The second-order valence-electron chi connectivity index (χ2n) is 8.36. The molecule has 1 aliphatic carbocycles. The zero-order valence-electron chi connectivity index (χ0n) is 17.8. The van der Waals surface area contributed by atoms with Crippen molar-refractivity contribution in [3.05, 3.63) is 23.3 Å². The lowest BCUT2D eigenvalue weighted by atomic mass is 9.92. The second kappa shape index (κ2) is 10.1. The molecule has 0 saturated heterocycles. The van der Waals surface area contributed by atoms with Crippen LogP contribution in [0.1, 0.15) is 76.8 Å². The molecule has 0 heterocycles. The third kappa shape index (κ3) is 5.97. The van der Waals surface area contributed by atoms with E-state index in [9.17, 15) is 4.79 Å². The highest BCUT2D eigenvalue weighted by Gasteiger charge is 2.39. The minimum atomic E-state index is -0.679. The molecule has 0 aromatic heterocycles. The average Bonchev–Trinajstić information content (AvgIpc) is 2.85. The van der Waals surface area contributed by atoms with Crippen LogP contribution in [0.2, 0.25) is 0 Å². The summed E-state index contributed by atoms with van der Waals surface area (Å²) in [4.78, 5) is 13.2. The number of nitrogens with one attached hydrogen (secondary N) is 1. The Morgan fingerprint density at radius 3 is 2.22 bits per heavy atom. The van der Waals surface area contributed by atoms with Gasteiger partial charge in [-0.3, -0.25) is 4.79 Å². The summed E-state index contributed by atoms with van der Waals surface area (Å²) in [5.41, 5.74) is 2.25. The van der Waals surface area contributed by atoms with E-state index in [-0.39, 0.29) is 5.91 Å². The van der Waals surface area contributed by atoms with Crippen LogP contribution in [0, 0.1) is 19.8 Å². The van der Waals surface area contributed by atoms with Gasteiger partial charge in [0.25, 0.3) is 5.91 Å². The number of hydrogen-bond acceptors (Lipinski definition) is 3. The largest absolute Gasteiger partial charge is 0.493 e. The monoisotopic (exact) mass is 375 g/mol. The predicted molar refractivity (Wildman–Crippen MR) is 112 cm³/mol. The van der Waals surface area contributed by atoms with Crippen molar-refractivity contribution in [3.8, 4) is 5.75 Å². The number of aryl methyl sites for hydroxylation is 2.